The summed E-state index contributed by atoms with van der Waals surface area (Å²) in [5.41, 5.74) is 7.28. The minimum absolute atomic E-state index is 0.0716. The lowest BCUT2D eigenvalue weighted by atomic mass is 9.73. The van der Waals surface area contributed by atoms with E-state index in [1.165, 1.54) is 25.7 Å². The van der Waals surface area contributed by atoms with Crippen molar-refractivity contribution in [2.24, 2.45) is 11.7 Å². The average Bonchev–Trinajstić information content (AvgIpc) is 2.35. The first-order valence-electron chi connectivity index (χ1n) is 6.41. The highest BCUT2D eigenvalue weighted by molar-refractivity contribution is 9.10. The fourth-order valence-electron chi connectivity index (χ4n) is 2.78. The molecule has 2 nitrogen and oxygen atoms in total. The predicted molar refractivity (Wildman–Crippen MR) is 77.2 cm³/mol. The number of nitrogens with two attached hydrogens (primary N) is 1. The van der Waals surface area contributed by atoms with Crippen LogP contribution in [-0.4, -0.2) is 12.1 Å². The van der Waals surface area contributed by atoms with Crippen LogP contribution in [0.3, 0.4) is 0 Å². The summed E-state index contributed by atoms with van der Waals surface area (Å²) in [7, 11) is 0. The Hall–Kier alpha value is -0.540. The number of para-hydroxylation sites is 1. The fraction of sp³-hybridized carbons (Fsp3) is 0.571. The van der Waals surface area contributed by atoms with Crippen LogP contribution in [0.2, 0.25) is 0 Å². The van der Waals surface area contributed by atoms with Gasteiger partial charge in [-0.1, -0.05) is 31.9 Å². The van der Waals surface area contributed by atoms with E-state index in [1.807, 2.05) is 6.07 Å². The van der Waals surface area contributed by atoms with Gasteiger partial charge in [0.2, 0.25) is 0 Å². The van der Waals surface area contributed by atoms with Crippen molar-refractivity contribution in [3.8, 4) is 0 Å². The lowest BCUT2D eigenvalue weighted by Gasteiger charge is -2.43. The number of benzene rings is 1. The number of nitrogens with one attached hydrogen (secondary N) is 1. The Bertz CT molecular complexity index is 380. The van der Waals surface area contributed by atoms with Gasteiger partial charge in [-0.15, -0.1) is 0 Å². The third-order valence-corrected chi connectivity index (χ3v) is 4.77. The van der Waals surface area contributed by atoms with Crippen LogP contribution in [0, 0.1) is 5.92 Å². The Morgan fingerprint density at radius 1 is 1.41 bits per heavy atom. The zero-order chi connectivity index (χ0) is 12.3. The Labute approximate surface area is 112 Å². The second-order valence-corrected chi connectivity index (χ2v) is 5.97. The summed E-state index contributed by atoms with van der Waals surface area (Å²) in [6, 6.07) is 8.28. The molecule has 2 rings (SSSR count). The Morgan fingerprint density at radius 2 is 2.18 bits per heavy atom. The normalized spacial score (nSPS) is 29.0. The van der Waals surface area contributed by atoms with E-state index in [2.05, 4.69) is 46.4 Å². The lowest BCUT2D eigenvalue weighted by Crippen LogP contribution is -2.52. The molecule has 1 saturated carbocycles. The molecule has 0 heterocycles. The van der Waals surface area contributed by atoms with Crippen LogP contribution in [0.5, 0.6) is 0 Å². The van der Waals surface area contributed by atoms with Gasteiger partial charge in [-0.05, 0) is 46.8 Å². The van der Waals surface area contributed by atoms with Gasteiger partial charge in [0.15, 0.2) is 0 Å². The molecule has 2 unspecified atom stereocenters. The molecule has 1 aliphatic rings. The lowest BCUT2D eigenvalue weighted by molar-refractivity contribution is 0.235. The maximum Gasteiger partial charge on any atom is 0.0521 e. The summed E-state index contributed by atoms with van der Waals surface area (Å²) in [6.07, 6.45) is 5.06. The van der Waals surface area contributed by atoms with E-state index in [1.54, 1.807) is 0 Å². The summed E-state index contributed by atoms with van der Waals surface area (Å²) < 4.78 is 1.12. The van der Waals surface area contributed by atoms with E-state index in [0.717, 1.165) is 10.2 Å². The number of halogens is 1. The van der Waals surface area contributed by atoms with Gasteiger partial charge >= 0.3 is 0 Å². The van der Waals surface area contributed by atoms with Crippen LogP contribution in [0.4, 0.5) is 5.69 Å². The van der Waals surface area contributed by atoms with E-state index in [4.69, 9.17) is 5.73 Å². The smallest absolute Gasteiger partial charge is 0.0521 e. The molecule has 1 aromatic rings. The highest BCUT2D eigenvalue weighted by atomic mass is 79.9. The zero-order valence-electron chi connectivity index (χ0n) is 10.4. The van der Waals surface area contributed by atoms with Gasteiger partial charge in [0, 0.05) is 16.7 Å². The third-order valence-electron chi connectivity index (χ3n) is 4.08. The molecule has 0 aromatic heterocycles. The molecule has 1 aliphatic carbocycles. The largest absolute Gasteiger partial charge is 0.377 e. The molecule has 0 bridgehead atoms. The van der Waals surface area contributed by atoms with Crippen LogP contribution in [0.15, 0.2) is 28.7 Å². The monoisotopic (exact) mass is 296 g/mol. The van der Waals surface area contributed by atoms with Gasteiger partial charge in [0.1, 0.15) is 0 Å². The molecule has 3 heteroatoms. The minimum atomic E-state index is 0.0716. The summed E-state index contributed by atoms with van der Waals surface area (Å²) in [5.74, 6) is 0.633. The first-order valence-corrected chi connectivity index (χ1v) is 7.20. The van der Waals surface area contributed by atoms with Crippen molar-refractivity contribution in [3.63, 3.8) is 0 Å². The van der Waals surface area contributed by atoms with Crippen molar-refractivity contribution in [1.29, 1.82) is 0 Å². The molecule has 2 atom stereocenters. The molecule has 1 fully saturated rings. The maximum atomic E-state index is 6.05. The van der Waals surface area contributed by atoms with Crippen LogP contribution in [0.1, 0.15) is 32.6 Å². The van der Waals surface area contributed by atoms with Crippen LogP contribution in [-0.2, 0) is 0 Å². The topological polar surface area (TPSA) is 38.0 Å². The van der Waals surface area contributed by atoms with Gasteiger partial charge in [-0.3, -0.25) is 0 Å². The second kappa shape index (κ2) is 5.40. The van der Waals surface area contributed by atoms with E-state index >= 15 is 0 Å². The van der Waals surface area contributed by atoms with E-state index in [-0.39, 0.29) is 5.54 Å². The predicted octanol–water partition coefficient (Wildman–Crippen LogP) is 3.77. The first kappa shape index (κ1) is 12.9. The molecule has 0 aliphatic heterocycles. The molecule has 3 N–H and O–H groups in total. The zero-order valence-corrected chi connectivity index (χ0v) is 12.0. The van der Waals surface area contributed by atoms with Crippen molar-refractivity contribution in [2.75, 3.05) is 11.9 Å². The molecule has 0 spiro atoms. The molecular formula is C14H21BrN2. The average molecular weight is 297 g/mol. The quantitative estimate of drug-likeness (QED) is 0.891. The first-order chi connectivity index (χ1) is 8.18. The molecule has 0 saturated heterocycles. The van der Waals surface area contributed by atoms with Gasteiger partial charge in [-0.2, -0.15) is 0 Å². The summed E-state index contributed by atoms with van der Waals surface area (Å²) in [6.45, 7) is 3.02. The van der Waals surface area contributed by atoms with Crippen molar-refractivity contribution >= 4 is 21.6 Å². The third kappa shape index (κ3) is 2.66. The van der Waals surface area contributed by atoms with Gasteiger partial charge < -0.3 is 11.1 Å². The van der Waals surface area contributed by atoms with Gasteiger partial charge in [-0.25, -0.2) is 0 Å². The number of hydrogen-bond acceptors (Lipinski definition) is 2. The number of anilines is 1. The summed E-state index contributed by atoms with van der Waals surface area (Å²) in [4.78, 5) is 0. The van der Waals surface area contributed by atoms with Crippen LogP contribution < -0.4 is 11.1 Å². The molecule has 17 heavy (non-hydrogen) atoms. The second-order valence-electron chi connectivity index (χ2n) is 5.11. The minimum Gasteiger partial charge on any atom is -0.377 e. The van der Waals surface area contributed by atoms with E-state index in [0.29, 0.717) is 12.5 Å². The molecule has 0 radical (unpaired) electrons. The highest BCUT2D eigenvalue weighted by Gasteiger charge is 2.37. The van der Waals surface area contributed by atoms with Crippen molar-refractivity contribution in [3.05, 3.63) is 28.7 Å². The standard InChI is InChI=1S/C14H21BrN2/c1-11-6-4-5-9-14(11,10-16)17-13-8-3-2-7-12(13)15/h2-3,7-8,11,17H,4-6,9-10,16H2,1H3. The molecular weight excluding hydrogens is 276 g/mol. The van der Waals surface area contributed by atoms with Gasteiger partial charge in [0.25, 0.3) is 0 Å². The van der Waals surface area contributed by atoms with Crippen LogP contribution >= 0.6 is 15.9 Å². The van der Waals surface area contributed by atoms with E-state index < -0.39 is 0 Å². The van der Waals surface area contributed by atoms with Crippen molar-refractivity contribution in [1.82, 2.24) is 0 Å². The Balaban J connectivity index is 2.22. The highest BCUT2D eigenvalue weighted by Crippen LogP contribution is 2.37. The Kier molecular flexibility index (Phi) is 4.10. The summed E-state index contributed by atoms with van der Waals surface area (Å²) >= 11 is 3.59. The molecule has 0 amide bonds. The fourth-order valence-corrected chi connectivity index (χ4v) is 3.17. The van der Waals surface area contributed by atoms with Crippen molar-refractivity contribution < 1.29 is 0 Å². The van der Waals surface area contributed by atoms with E-state index in [9.17, 15) is 0 Å². The molecule has 1 aromatic carbocycles. The number of hydrogen-bond donors (Lipinski definition) is 2. The van der Waals surface area contributed by atoms with Gasteiger partial charge in [0.05, 0.1) is 5.54 Å². The summed E-state index contributed by atoms with van der Waals surface area (Å²) in [5, 5.41) is 3.69. The molecule has 94 valence electrons. The van der Waals surface area contributed by atoms with Crippen LogP contribution in [0.25, 0.3) is 0 Å². The Morgan fingerprint density at radius 3 is 2.82 bits per heavy atom. The SMILES string of the molecule is CC1CCCCC1(CN)Nc1ccccc1Br. The maximum absolute atomic E-state index is 6.05. The number of rotatable bonds is 3. The van der Waals surface area contributed by atoms with Crippen molar-refractivity contribution in [2.45, 2.75) is 38.1 Å².